The van der Waals surface area contributed by atoms with E-state index in [0.29, 0.717) is 0 Å². The van der Waals surface area contributed by atoms with Gasteiger partial charge in [0.05, 0.1) is 0 Å². The minimum Gasteiger partial charge on any atom is -0.451 e. The van der Waals surface area contributed by atoms with E-state index in [-0.39, 0.29) is 6.04 Å². The van der Waals surface area contributed by atoms with Gasteiger partial charge in [-0.1, -0.05) is 0 Å². The standard InChI is InChI=1S/C29H50N4O11/c1-15(2)30(10)24(35)20(7)42-28(39)17(4)32(12)26(37)22(9)44-29(40)18(5)33(13)25(36)21(8)43-27(38)16(3)31(11)23(34)19(6)41-14/h15-22H,1-14H3. The Morgan fingerprint density at radius 3 is 0.864 bits per heavy atom. The number of carbonyl (C=O) groups excluding carboxylic acids is 7. The van der Waals surface area contributed by atoms with Crippen LogP contribution >= 0.6 is 0 Å². The molecule has 0 spiro atoms. The third-order valence-corrected chi connectivity index (χ3v) is 7.55. The second-order valence-electron chi connectivity index (χ2n) is 11.0. The van der Waals surface area contributed by atoms with Crippen LogP contribution in [0.15, 0.2) is 0 Å². The minimum atomic E-state index is -1.33. The first kappa shape index (κ1) is 40.2. The molecule has 0 rings (SSSR count). The van der Waals surface area contributed by atoms with Gasteiger partial charge in [0.25, 0.3) is 23.6 Å². The van der Waals surface area contributed by atoms with Gasteiger partial charge in [0, 0.05) is 41.3 Å². The van der Waals surface area contributed by atoms with Gasteiger partial charge in [0.2, 0.25) is 0 Å². The van der Waals surface area contributed by atoms with Gasteiger partial charge >= 0.3 is 17.9 Å². The van der Waals surface area contributed by atoms with Gasteiger partial charge in [-0.15, -0.1) is 0 Å². The van der Waals surface area contributed by atoms with Crippen molar-refractivity contribution >= 4 is 41.5 Å². The van der Waals surface area contributed by atoms with E-state index in [0.717, 1.165) is 14.7 Å². The van der Waals surface area contributed by atoms with E-state index in [4.69, 9.17) is 18.9 Å². The first-order valence-electron chi connectivity index (χ1n) is 14.3. The predicted octanol–water partition coefficient (Wildman–Crippen LogP) is 0.224. The van der Waals surface area contributed by atoms with Gasteiger partial charge in [0.15, 0.2) is 18.3 Å². The van der Waals surface area contributed by atoms with Crippen molar-refractivity contribution in [3.8, 4) is 0 Å². The Labute approximate surface area is 260 Å². The summed E-state index contributed by atoms with van der Waals surface area (Å²) in [5.41, 5.74) is 0. The van der Waals surface area contributed by atoms with Gasteiger partial charge < -0.3 is 38.5 Å². The summed E-state index contributed by atoms with van der Waals surface area (Å²) in [7, 11) is 6.96. The monoisotopic (exact) mass is 630 g/mol. The fourth-order valence-corrected chi connectivity index (χ4v) is 3.52. The third kappa shape index (κ3) is 10.8. The molecular weight excluding hydrogens is 580 g/mol. The molecule has 0 heterocycles. The first-order valence-corrected chi connectivity index (χ1v) is 14.3. The second kappa shape index (κ2) is 17.5. The molecule has 0 bridgehead atoms. The van der Waals surface area contributed by atoms with Crippen LogP contribution in [0, 0.1) is 0 Å². The van der Waals surface area contributed by atoms with E-state index in [1.54, 1.807) is 7.05 Å². The molecule has 0 aromatic carbocycles. The van der Waals surface area contributed by atoms with Crippen LogP contribution < -0.4 is 0 Å². The molecule has 15 heteroatoms. The maximum Gasteiger partial charge on any atom is 0.329 e. The first-order chi connectivity index (χ1) is 20.1. The van der Waals surface area contributed by atoms with Gasteiger partial charge in [0.1, 0.15) is 24.2 Å². The smallest absolute Gasteiger partial charge is 0.329 e. The van der Waals surface area contributed by atoms with Gasteiger partial charge in [-0.2, -0.15) is 0 Å². The lowest BCUT2D eigenvalue weighted by atomic mass is 10.2. The molecule has 0 aromatic heterocycles. The van der Waals surface area contributed by atoms with Crippen LogP contribution in [-0.4, -0.2) is 145 Å². The van der Waals surface area contributed by atoms with Gasteiger partial charge in [-0.25, -0.2) is 14.4 Å². The lowest BCUT2D eigenvalue weighted by Crippen LogP contribution is -2.51. The van der Waals surface area contributed by atoms with Crippen LogP contribution in [-0.2, 0) is 52.5 Å². The molecule has 0 radical (unpaired) electrons. The number of esters is 3. The molecule has 7 atom stereocenters. The Hall–Kier alpha value is -3.75. The number of carbonyl (C=O) groups is 7. The van der Waals surface area contributed by atoms with Crippen molar-refractivity contribution in [2.45, 2.75) is 111 Å². The average Bonchev–Trinajstić information content (AvgIpc) is 2.99. The van der Waals surface area contributed by atoms with Crippen molar-refractivity contribution in [3.63, 3.8) is 0 Å². The molecule has 4 amide bonds. The highest BCUT2D eigenvalue weighted by Gasteiger charge is 2.35. The SMILES string of the molecule is COC(C)C(=O)N(C)C(C)C(=O)OC(C)C(=O)N(C)C(C)C(=O)OC(C)C(=O)N(C)C(C)C(=O)OC(C)C(=O)N(C)C(C)C. The molecule has 7 unspecified atom stereocenters. The third-order valence-electron chi connectivity index (χ3n) is 7.55. The van der Waals surface area contributed by atoms with Crippen molar-refractivity contribution in [3.05, 3.63) is 0 Å². The van der Waals surface area contributed by atoms with Crippen molar-refractivity contribution in [1.82, 2.24) is 19.6 Å². The summed E-state index contributed by atoms with van der Waals surface area (Å²) in [5.74, 6) is -4.89. The summed E-state index contributed by atoms with van der Waals surface area (Å²) >= 11 is 0. The number of methoxy groups -OCH3 is 1. The highest BCUT2D eigenvalue weighted by molar-refractivity contribution is 5.92. The van der Waals surface area contributed by atoms with Crippen LogP contribution in [0.2, 0.25) is 0 Å². The van der Waals surface area contributed by atoms with Crippen molar-refractivity contribution in [2.24, 2.45) is 0 Å². The molecular formula is C29H50N4O11. The lowest BCUT2D eigenvalue weighted by Gasteiger charge is -2.30. The highest BCUT2D eigenvalue weighted by Crippen LogP contribution is 2.12. The van der Waals surface area contributed by atoms with Crippen molar-refractivity contribution < 1.29 is 52.5 Å². The zero-order valence-corrected chi connectivity index (χ0v) is 28.4. The molecule has 0 aliphatic carbocycles. The van der Waals surface area contributed by atoms with E-state index >= 15 is 0 Å². The summed E-state index contributed by atoms with van der Waals surface area (Å²) in [6.45, 7) is 13.4. The van der Waals surface area contributed by atoms with E-state index in [1.165, 1.54) is 81.6 Å². The number of hydrogen-bond donors (Lipinski definition) is 0. The van der Waals surface area contributed by atoms with Gasteiger partial charge in [-0.3, -0.25) is 19.2 Å². The number of ether oxygens (including phenoxy) is 4. The number of nitrogens with zero attached hydrogens (tertiary/aromatic N) is 4. The number of likely N-dealkylation sites (N-methyl/N-ethyl adjacent to an activating group) is 4. The molecule has 15 nitrogen and oxygen atoms in total. The van der Waals surface area contributed by atoms with E-state index in [2.05, 4.69) is 0 Å². The molecule has 0 N–H and O–H groups in total. The summed E-state index contributed by atoms with van der Waals surface area (Å²) < 4.78 is 20.7. The van der Waals surface area contributed by atoms with Gasteiger partial charge in [-0.05, 0) is 62.3 Å². The Bertz CT molecular complexity index is 1070. The molecule has 0 aliphatic heterocycles. The zero-order valence-electron chi connectivity index (χ0n) is 28.4. The van der Waals surface area contributed by atoms with Crippen molar-refractivity contribution in [1.29, 1.82) is 0 Å². The average molecular weight is 631 g/mol. The molecule has 0 saturated carbocycles. The highest BCUT2D eigenvalue weighted by atomic mass is 16.6. The normalized spacial score (nSPS) is 15.8. The Morgan fingerprint density at radius 2 is 0.636 bits per heavy atom. The maximum absolute atomic E-state index is 12.9. The second-order valence-corrected chi connectivity index (χ2v) is 11.0. The summed E-state index contributed by atoms with van der Waals surface area (Å²) in [4.78, 5) is 93.0. The molecule has 0 aliphatic rings. The molecule has 0 fully saturated rings. The Morgan fingerprint density at radius 1 is 0.409 bits per heavy atom. The Kier molecular flexibility index (Phi) is 16.0. The van der Waals surface area contributed by atoms with E-state index in [9.17, 15) is 33.6 Å². The fraction of sp³-hybridized carbons (Fsp3) is 0.759. The van der Waals surface area contributed by atoms with Crippen LogP contribution in [0.5, 0.6) is 0 Å². The molecule has 252 valence electrons. The van der Waals surface area contributed by atoms with E-state index in [1.807, 2.05) is 13.8 Å². The fourth-order valence-electron chi connectivity index (χ4n) is 3.52. The number of amides is 4. The summed E-state index contributed by atoms with van der Waals surface area (Å²) in [5, 5.41) is 0. The Balaban J connectivity index is 5.18. The van der Waals surface area contributed by atoms with Crippen LogP contribution in [0.1, 0.15) is 62.3 Å². The largest absolute Gasteiger partial charge is 0.451 e. The maximum atomic E-state index is 12.9. The molecule has 0 aromatic rings. The molecule has 0 saturated heterocycles. The topological polar surface area (TPSA) is 169 Å². The van der Waals surface area contributed by atoms with Crippen LogP contribution in [0.4, 0.5) is 0 Å². The van der Waals surface area contributed by atoms with Crippen LogP contribution in [0.25, 0.3) is 0 Å². The summed E-state index contributed by atoms with van der Waals surface area (Å²) in [6.07, 6.45) is -4.49. The zero-order chi connectivity index (χ0) is 34.8. The minimum absolute atomic E-state index is 0.103. The van der Waals surface area contributed by atoms with E-state index < -0.39 is 84.1 Å². The quantitative estimate of drug-likeness (QED) is 0.179. The van der Waals surface area contributed by atoms with Crippen molar-refractivity contribution in [2.75, 3.05) is 35.3 Å². The lowest BCUT2D eigenvalue weighted by molar-refractivity contribution is -0.171. The summed E-state index contributed by atoms with van der Waals surface area (Å²) in [6, 6.07) is -3.40. The molecule has 44 heavy (non-hydrogen) atoms. The van der Waals surface area contributed by atoms with Crippen LogP contribution in [0.3, 0.4) is 0 Å². The number of rotatable bonds is 15. The predicted molar refractivity (Wildman–Crippen MR) is 158 cm³/mol. The number of hydrogen-bond acceptors (Lipinski definition) is 11.